The largest absolute Gasteiger partial charge is 0.513 e. The average molecular weight is 394 g/mol. The zero-order valence-corrected chi connectivity index (χ0v) is 16.6. The number of pyridine rings is 1. The summed E-state index contributed by atoms with van der Waals surface area (Å²) < 4.78 is 12.1. The number of benzene rings is 1. The van der Waals surface area contributed by atoms with Crippen LogP contribution in [0.3, 0.4) is 0 Å². The van der Waals surface area contributed by atoms with E-state index in [2.05, 4.69) is 19.6 Å². The minimum atomic E-state index is -0.733. The van der Waals surface area contributed by atoms with Gasteiger partial charge in [0.15, 0.2) is 0 Å². The van der Waals surface area contributed by atoms with Crippen molar-refractivity contribution in [3.8, 4) is 5.75 Å². The average Bonchev–Trinajstić information content (AvgIpc) is 2.90. The molecule has 0 amide bonds. The Balaban J connectivity index is 1.68. The molecule has 0 unspecified atom stereocenters. The third-order valence-corrected chi connectivity index (χ3v) is 5.42. The third-order valence-electron chi connectivity index (χ3n) is 5.42. The van der Waals surface area contributed by atoms with E-state index in [1.54, 1.807) is 24.5 Å². The number of imidazole rings is 1. The van der Waals surface area contributed by atoms with Gasteiger partial charge in [0.2, 0.25) is 5.95 Å². The van der Waals surface area contributed by atoms with Gasteiger partial charge in [-0.3, -0.25) is 4.98 Å². The molecule has 29 heavy (non-hydrogen) atoms. The number of anilines is 1. The number of carbonyl (C=O) groups excluding carboxylic acids is 1. The van der Waals surface area contributed by atoms with Gasteiger partial charge in [0.05, 0.1) is 18.1 Å². The number of nitrogens with one attached hydrogen (secondary N) is 1. The number of methoxy groups -OCH3 is 1. The molecule has 1 aliphatic carbocycles. The maximum atomic E-state index is 11.4. The van der Waals surface area contributed by atoms with E-state index in [-0.39, 0.29) is 0 Å². The molecule has 2 heterocycles. The lowest BCUT2D eigenvalue weighted by Gasteiger charge is -2.20. The van der Waals surface area contributed by atoms with E-state index in [1.807, 2.05) is 18.2 Å². The SMILES string of the molecule is COC(=O)Oc1ccc2c(c1)nc(NCc1ccncc1)n2C1CCCCCC1. The molecule has 1 fully saturated rings. The molecule has 1 saturated carbocycles. The van der Waals surface area contributed by atoms with E-state index in [1.165, 1.54) is 32.8 Å². The van der Waals surface area contributed by atoms with Gasteiger partial charge in [0, 0.05) is 31.0 Å². The van der Waals surface area contributed by atoms with E-state index in [4.69, 9.17) is 9.72 Å². The van der Waals surface area contributed by atoms with Gasteiger partial charge in [0.25, 0.3) is 0 Å². The van der Waals surface area contributed by atoms with Gasteiger partial charge < -0.3 is 19.4 Å². The molecule has 152 valence electrons. The normalized spacial score (nSPS) is 15.1. The zero-order valence-electron chi connectivity index (χ0n) is 16.6. The number of hydrogen-bond donors (Lipinski definition) is 1. The van der Waals surface area contributed by atoms with Crippen molar-refractivity contribution in [2.75, 3.05) is 12.4 Å². The number of carbonyl (C=O) groups is 1. The van der Waals surface area contributed by atoms with Crippen molar-refractivity contribution in [1.82, 2.24) is 14.5 Å². The minimum Gasteiger partial charge on any atom is -0.437 e. The minimum absolute atomic E-state index is 0.412. The van der Waals surface area contributed by atoms with E-state index >= 15 is 0 Å². The molecule has 0 radical (unpaired) electrons. The molecular weight excluding hydrogens is 368 g/mol. The van der Waals surface area contributed by atoms with Gasteiger partial charge in [0.1, 0.15) is 5.75 Å². The highest BCUT2D eigenvalue weighted by molar-refractivity contribution is 5.81. The Morgan fingerprint density at radius 1 is 1.14 bits per heavy atom. The predicted molar refractivity (Wildman–Crippen MR) is 111 cm³/mol. The maximum Gasteiger partial charge on any atom is 0.513 e. The van der Waals surface area contributed by atoms with Crippen LogP contribution in [-0.4, -0.2) is 27.8 Å². The molecule has 0 bridgehead atoms. The Labute approximate surface area is 170 Å². The van der Waals surface area contributed by atoms with Crippen LogP contribution in [-0.2, 0) is 11.3 Å². The molecule has 1 N–H and O–H groups in total. The summed E-state index contributed by atoms with van der Waals surface area (Å²) >= 11 is 0. The van der Waals surface area contributed by atoms with Gasteiger partial charge in [-0.05, 0) is 42.7 Å². The number of fused-ring (bicyclic) bond motifs is 1. The summed E-state index contributed by atoms with van der Waals surface area (Å²) in [7, 11) is 1.29. The van der Waals surface area contributed by atoms with Crippen LogP contribution >= 0.6 is 0 Å². The molecule has 0 saturated heterocycles. The monoisotopic (exact) mass is 394 g/mol. The first-order valence-electron chi connectivity index (χ1n) is 10.1. The van der Waals surface area contributed by atoms with Crippen LogP contribution in [0.5, 0.6) is 5.75 Å². The number of aromatic nitrogens is 3. The second-order valence-corrected chi connectivity index (χ2v) is 7.37. The second-order valence-electron chi connectivity index (χ2n) is 7.37. The summed E-state index contributed by atoms with van der Waals surface area (Å²) in [5.41, 5.74) is 2.99. The molecule has 3 aromatic rings. The Bertz CT molecular complexity index is 963. The molecule has 7 nitrogen and oxygen atoms in total. The fourth-order valence-electron chi connectivity index (χ4n) is 3.97. The number of rotatable bonds is 5. The Kier molecular flexibility index (Phi) is 5.93. The summed E-state index contributed by atoms with van der Waals surface area (Å²) in [6.45, 7) is 0.671. The van der Waals surface area contributed by atoms with Crippen LogP contribution in [0.1, 0.15) is 50.1 Å². The van der Waals surface area contributed by atoms with E-state index in [0.717, 1.165) is 35.4 Å². The van der Waals surface area contributed by atoms with Crippen LogP contribution < -0.4 is 10.1 Å². The third kappa shape index (κ3) is 4.50. The van der Waals surface area contributed by atoms with E-state index < -0.39 is 6.16 Å². The summed E-state index contributed by atoms with van der Waals surface area (Å²) in [6.07, 6.45) is 10.2. The Morgan fingerprint density at radius 2 is 1.90 bits per heavy atom. The Morgan fingerprint density at radius 3 is 2.62 bits per heavy atom. The first kappa shape index (κ1) is 19.2. The van der Waals surface area contributed by atoms with Crippen LogP contribution in [0.2, 0.25) is 0 Å². The lowest BCUT2D eigenvalue weighted by atomic mass is 10.1. The fraction of sp³-hybridized carbons (Fsp3) is 0.409. The van der Waals surface area contributed by atoms with E-state index in [0.29, 0.717) is 18.3 Å². The summed E-state index contributed by atoms with van der Waals surface area (Å²) in [5, 5.41) is 3.50. The van der Waals surface area contributed by atoms with Crippen molar-refractivity contribution in [1.29, 1.82) is 0 Å². The molecule has 7 heteroatoms. The van der Waals surface area contributed by atoms with Crippen LogP contribution in [0.4, 0.5) is 10.7 Å². The quantitative estimate of drug-likeness (QED) is 0.369. The summed E-state index contributed by atoms with van der Waals surface area (Å²) in [4.78, 5) is 20.4. The first-order chi connectivity index (χ1) is 14.2. The van der Waals surface area contributed by atoms with Crippen molar-refractivity contribution >= 4 is 23.1 Å². The topological polar surface area (TPSA) is 78.3 Å². The summed E-state index contributed by atoms with van der Waals surface area (Å²) in [5.74, 6) is 1.27. The first-order valence-corrected chi connectivity index (χ1v) is 10.1. The van der Waals surface area contributed by atoms with Crippen molar-refractivity contribution in [2.45, 2.75) is 51.1 Å². The summed E-state index contributed by atoms with van der Waals surface area (Å²) in [6, 6.07) is 9.96. The molecule has 4 rings (SSSR count). The zero-order chi connectivity index (χ0) is 20.1. The van der Waals surface area contributed by atoms with E-state index in [9.17, 15) is 4.79 Å². The smallest absolute Gasteiger partial charge is 0.437 e. The molecule has 1 aromatic carbocycles. The highest BCUT2D eigenvalue weighted by atomic mass is 16.7. The van der Waals surface area contributed by atoms with Crippen molar-refractivity contribution < 1.29 is 14.3 Å². The maximum absolute atomic E-state index is 11.4. The van der Waals surface area contributed by atoms with Gasteiger partial charge in [-0.2, -0.15) is 0 Å². The van der Waals surface area contributed by atoms with Crippen molar-refractivity contribution in [3.63, 3.8) is 0 Å². The lowest BCUT2D eigenvalue weighted by Crippen LogP contribution is -2.13. The second kappa shape index (κ2) is 8.94. The number of nitrogens with zero attached hydrogens (tertiary/aromatic N) is 3. The molecule has 0 spiro atoms. The highest BCUT2D eigenvalue weighted by Crippen LogP contribution is 2.34. The van der Waals surface area contributed by atoms with Crippen molar-refractivity contribution in [2.24, 2.45) is 0 Å². The van der Waals surface area contributed by atoms with Crippen LogP contribution in [0.25, 0.3) is 11.0 Å². The molecule has 2 aromatic heterocycles. The number of ether oxygens (including phenoxy) is 2. The predicted octanol–water partition coefficient (Wildman–Crippen LogP) is 5.08. The van der Waals surface area contributed by atoms with Crippen LogP contribution in [0.15, 0.2) is 42.7 Å². The van der Waals surface area contributed by atoms with Gasteiger partial charge >= 0.3 is 6.16 Å². The molecule has 0 atom stereocenters. The molecular formula is C22H26N4O3. The molecule has 1 aliphatic rings. The van der Waals surface area contributed by atoms with Gasteiger partial charge in [-0.15, -0.1) is 0 Å². The fourth-order valence-corrected chi connectivity index (χ4v) is 3.97. The highest BCUT2D eigenvalue weighted by Gasteiger charge is 2.21. The van der Waals surface area contributed by atoms with Crippen LogP contribution in [0, 0.1) is 0 Å². The van der Waals surface area contributed by atoms with Gasteiger partial charge in [-0.25, -0.2) is 9.78 Å². The lowest BCUT2D eigenvalue weighted by molar-refractivity contribution is 0.121. The van der Waals surface area contributed by atoms with Gasteiger partial charge in [-0.1, -0.05) is 25.7 Å². The number of hydrogen-bond acceptors (Lipinski definition) is 6. The van der Waals surface area contributed by atoms with Crippen molar-refractivity contribution in [3.05, 3.63) is 48.3 Å². The standard InChI is InChI=1S/C22H26N4O3/c1-28-22(27)29-18-8-9-20-19(14-18)25-21(24-15-16-10-12-23-13-11-16)26(20)17-6-4-2-3-5-7-17/h8-14,17H,2-7,15H2,1H3,(H,24,25). The molecule has 0 aliphatic heterocycles. The Hall–Kier alpha value is -3.09.